The summed E-state index contributed by atoms with van der Waals surface area (Å²) in [6.07, 6.45) is 6.41. The number of nitrogens with one attached hydrogen (secondary N) is 3. The van der Waals surface area contributed by atoms with Crippen LogP contribution in [0.1, 0.15) is 66.7 Å². The lowest BCUT2D eigenvalue weighted by molar-refractivity contribution is 0.561. The van der Waals surface area contributed by atoms with Gasteiger partial charge < -0.3 is 16.0 Å². The van der Waals surface area contributed by atoms with Gasteiger partial charge >= 0.3 is 0 Å². The lowest BCUT2D eigenvalue weighted by Gasteiger charge is -2.05. The lowest BCUT2D eigenvalue weighted by Crippen LogP contribution is -2.22. The summed E-state index contributed by atoms with van der Waals surface area (Å²) in [5.74, 6) is 0. The molecule has 0 aliphatic heterocycles. The van der Waals surface area contributed by atoms with Crippen LogP contribution in [-0.4, -0.2) is 39.8 Å². The average Bonchev–Trinajstić information content (AvgIpc) is 2.49. The van der Waals surface area contributed by atoms with Gasteiger partial charge in [-0.3, -0.25) is 0 Å². The second-order valence-electron chi connectivity index (χ2n) is 4.02. The zero-order chi connectivity index (χ0) is 15.2. The quantitative estimate of drug-likeness (QED) is 0.478. The van der Waals surface area contributed by atoms with Crippen molar-refractivity contribution in [3.63, 3.8) is 0 Å². The molecule has 3 N–H and O–H groups in total. The van der Waals surface area contributed by atoms with E-state index in [0.29, 0.717) is 0 Å². The van der Waals surface area contributed by atoms with Crippen molar-refractivity contribution in [2.75, 3.05) is 39.8 Å². The van der Waals surface area contributed by atoms with Crippen molar-refractivity contribution < 1.29 is 0 Å². The predicted molar refractivity (Wildman–Crippen MR) is 91.1 cm³/mol. The Kier molecular flexibility index (Phi) is 38.7. The van der Waals surface area contributed by atoms with E-state index in [1.807, 2.05) is 34.7 Å². The molecule has 0 saturated carbocycles. The van der Waals surface area contributed by atoms with Crippen molar-refractivity contribution in [1.29, 1.82) is 0 Å². The van der Waals surface area contributed by atoms with Crippen molar-refractivity contribution in [3.05, 3.63) is 0 Å². The van der Waals surface area contributed by atoms with Gasteiger partial charge in [-0.1, -0.05) is 41.0 Å². The number of hydrogen-bond acceptors (Lipinski definition) is 3. The molecular formula is C16H41N3. The molecular weight excluding hydrogens is 234 g/mol. The Balaban J connectivity index is -0.000000579. The standard InChI is InChI=1S/C12H29N3.2C2H6/c1-3-4-9-14-10-5-6-11-15-12-7-8-13-2;2*1-2/h13-15H,3-12H2,1-2H3;2*1-2H3. The number of rotatable bonds is 12. The molecule has 0 amide bonds. The van der Waals surface area contributed by atoms with Gasteiger partial charge in [-0.2, -0.15) is 0 Å². The molecule has 0 atom stereocenters. The molecule has 0 aromatic carbocycles. The molecule has 3 heteroatoms. The van der Waals surface area contributed by atoms with Crippen LogP contribution in [-0.2, 0) is 0 Å². The summed E-state index contributed by atoms with van der Waals surface area (Å²) in [7, 11) is 2.00. The SMILES string of the molecule is CC.CC.CCCCNCCCCNCCCNC. The van der Waals surface area contributed by atoms with Gasteiger partial charge in [0.05, 0.1) is 0 Å². The van der Waals surface area contributed by atoms with Crippen LogP contribution in [0.5, 0.6) is 0 Å². The highest BCUT2D eigenvalue weighted by Crippen LogP contribution is 1.87. The van der Waals surface area contributed by atoms with Crippen molar-refractivity contribution in [2.45, 2.75) is 66.7 Å². The molecule has 0 aromatic rings. The van der Waals surface area contributed by atoms with Crippen LogP contribution >= 0.6 is 0 Å². The van der Waals surface area contributed by atoms with E-state index in [9.17, 15) is 0 Å². The van der Waals surface area contributed by atoms with E-state index in [1.54, 1.807) is 0 Å². The van der Waals surface area contributed by atoms with Crippen LogP contribution in [0.4, 0.5) is 0 Å². The minimum Gasteiger partial charge on any atom is -0.320 e. The Morgan fingerprint density at radius 1 is 0.579 bits per heavy atom. The van der Waals surface area contributed by atoms with Crippen LogP contribution in [0.25, 0.3) is 0 Å². The van der Waals surface area contributed by atoms with Crippen LogP contribution in [0.3, 0.4) is 0 Å². The molecule has 0 spiro atoms. The third kappa shape index (κ3) is 31.9. The van der Waals surface area contributed by atoms with Crippen molar-refractivity contribution in [1.82, 2.24) is 16.0 Å². The maximum absolute atomic E-state index is 3.46. The molecule has 0 unspecified atom stereocenters. The van der Waals surface area contributed by atoms with Crippen LogP contribution < -0.4 is 16.0 Å². The first-order chi connectivity index (χ1) is 9.41. The van der Waals surface area contributed by atoms with Gasteiger partial charge in [-0.15, -0.1) is 0 Å². The molecule has 0 rings (SSSR count). The fourth-order valence-electron chi connectivity index (χ4n) is 1.44. The topological polar surface area (TPSA) is 36.1 Å². The Morgan fingerprint density at radius 2 is 1.00 bits per heavy atom. The van der Waals surface area contributed by atoms with E-state index in [1.165, 1.54) is 51.7 Å². The molecule has 0 aliphatic carbocycles. The zero-order valence-corrected chi connectivity index (χ0v) is 14.6. The molecule has 0 aliphatic rings. The summed E-state index contributed by atoms with van der Waals surface area (Å²) in [5.41, 5.74) is 0. The minimum atomic E-state index is 1.12. The van der Waals surface area contributed by atoms with Gasteiger partial charge in [-0.25, -0.2) is 0 Å². The monoisotopic (exact) mass is 275 g/mol. The average molecular weight is 276 g/mol. The van der Waals surface area contributed by atoms with Gasteiger partial charge in [0, 0.05) is 0 Å². The predicted octanol–water partition coefficient (Wildman–Crippen LogP) is 3.41. The first-order valence-corrected chi connectivity index (χ1v) is 8.47. The largest absolute Gasteiger partial charge is 0.320 e. The highest BCUT2D eigenvalue weighted by molar-refractivity contribution is 4.52. The Hall–Kier alpha value is -0.120. The molecule has 0 radical (unpaired) electrons. The second kappa shape index (κ2) is 30.7. The number of unbranched alkanes of at least 4 members (excludes halogenated alkanes) is 2. The van der Waals surface area contributed by atoms with E-state index in [4.69, 9.17) is 0 Å². The van der Waals surface area contributed by atoms with Gasteiger partial charge in [0.2, 0.25) is 0 Å². The van der Waals surface area contributed by atoms with E-state index in [2.05, 4.69) is 22.9 Å². The van der Waals surface area contributed by atoms with Crippen LogP contribution in [0.15, 0.2) is 0 Å². The summed E-state index contributed by atoms with van der Waals surface area (Å²) in [6, 6.07) is 0. The van der Waals surface area contributed by atoms with Crippen molar-refractivity contribution >= 4 is 0 Å². The Labute approximate surface area is 123 Å². The van der Waals surface area contributed by atoms with Gasteiger partial charge in [-0.05, 0) is 65.5 Å². The zero-order valence-electron chi connectivity index (χ0n) is 14.6. The summed E-state index contributed by atoms with van der Waals surface area (Å²) >= 11 is 0. The highest BCUT2D eigenvalue weighted by atomic mass is 14.9. The lowest BCUT2D eigenvalue weighted by atomic mass is 10.3. The molecule has 3 nitrogen and oxygen atoms in total. The van der Waals surface area contributed by atoms with Crippen molar-refractivity contribution in [2.24, 2.45) is 0 Å². The van der Waals surface area contributed by atoms with E-state index < -0.39 is 0 Å². The maximum Gasteiger partial charge on any atom is -0.00368 e. The van der Waals surface area contributed by atoms with Crippen molar-refractivity contribution in [3.8, 4) is 0 Å². The first kappa shape index (κ1) is 23.9. The van der Waals surface area contributed by atoms with E-state index in [0.717, 1.165) is 13.1 Å². The summed E-state index contributed by atoms with van der Waals surface area (Å²) in [4.78, 5) is 0. The third-order valence-electron chi connectivity index (χ3n) is 2.44. The van der Waals surface area contributed by atoms with Gasteiger partial charge in [0.25, 0.3) is 0 Å². The summed E-state index contributed by atoms with van der Waals surface area (Å²) in [6.45, 7) is 16.0. The maximum atomic E-state index is 3.46. The smallest absolute Gasteiger partial charge is 0.00368 e. The third-order valence-corrected chi connectivity index (χ3v) is 2.44. The molecule has 19 heavy (non-hydrogen) atoms. The summed E-state index contributed by atoms with van der Waals surface area (Å²) in [5, 5.41) is 10.1. The molecule has 0 bridgehead atoms. The molecule has 0 heterocycles. The second-order valence-corrected chi connectivity index (χ2v) is 4.02. The molecule has 120 valence electrons. The fourth-order valence-corrected chi connectivity index (χ4v) is 1.44. The molecule has 0 aromatic heterocycles. The summed E-state index contributed by atoms with van der Waals surface area (Å²) < 4.78 is 0. The molecule has 0 fully saturated rings. The highest BCUT2D eigenvalue weighted by Gasteiger charge is 1.89. The Morgan fingerprint density at radius 3 is 1.42 bits per heavy atom. The van der Waals surface area contributed by atoms with Gasteiger partial charge in [0.1, 0.15) is 0 Å². The first-order valence-electron chi connectivity index (χ1n) is 8.47. The van der Waals surface area contributed by atoms with Crippen LogP contribution in [0.2, 0.25) is 0 Å². The molecule has 0 saturated heterocycles. The van der Waals surface area contributed by atoms with Gasteiger partial charge in [0.15, 0.2) is 0 Å². The normalized spacial score (nSPS) is 9.16. The fraction of sp³-hybridized carbons (Fsp3) is 1.00. The van der Waals surface area contributed by atoms with Crippen LogP contribution in [0, 0.1) is 0 Å². The number of hydrogen-bond donors (Lipinski definition) is 3. The minimum absolute atomic E-state index is 1.12. The Bertz CT molecular complexity index is 96.2. The van der Waals surface area contributed by atoms with E-state index >= 15 is 0 Å². The van der Waals surface area contributed by atoms with E-state index in [-0.39, 0.29) is 0 Å².